The first-order chi connectivity index (χ1) is 10.1. The van der Waals surface area contributed by atoms with Crippen molar-refractivity contribution in [3.63, 3.8) is 0 Å². The van der Waals surface area contributed by atoms with Crippen LogP contribution in [0.2, 0.25) is 5.02 Å². The summed E-state index contributed by atoms with van der Waals surface area (Å²) < 4.78 is 13.6. The van der Waals surface area contributed by atoms with Crippen molar-refractivity contribution in [3.05, 3.63) is 34.6 Å². The molecule has 0 bridgehead atoms. The number of nitrogens with one attached hydrogen (secondary N) is 2. The van der Waals surface area contributed by atoms with Crippen LogP contribution in [0.3, 0.4) is 0 Å². The van der Waals surface area contributed by atoms with Crippen molar-refractivity contribution in [1.82, 2.24) is 10.6 Å². The number of hydrogen-bond acceptors (Lipinski definition) is 2. The molecule has 0 atom stereocenters. The van der Waals surface area contributed by atoms with Gasteiger partial charge in [0.15, 0.2) is 0 Å². The number of aliphatic hydroxyl groups is 1. The monoisotopic (exact) mass is 314 g/mol. The summed E-state index contributed by atoms with van der Waals surface area (Å²) in [4.78, 5) is 11.9. The molecule has 0 spiro atoms. The maximum Gasteiger partial charge on any atom is 0.315 e. The zero-order valence-corrected chi connectivity index (χ0v) is 12.5. The summed E-state index contributed by atoms with van der Waals surface area (Å²) in [6, 6.07) is 4.19. The average Bonchev–Trinajstić information content (AvgIpc) is 2.91. The standard InChI is InChI=1S/C15H20ClFN2O2/c16-12-4-3-5-13(17)11(12)6-9-18-14(21)19-15(10-20)7-1-2-8-15/h3-5,20H,1-2,6-10H2,(H2,18,19,21). The second kappa shape index (κ2) is 7.09. The van der Waals surface area contributed by atoms with Crippen LogP contribution in [0.5, 0.6) is 0 Å². The third-order valence-electron chi connectivity index (χ3n) is 3.96. The number of carbonyl (C=O) groups is 1. The van der Waals surface area contributed by atoms with Gasteiger partial charge in [0.1, 0.15) is 5.82 Å². The molecule has 116 valence electrons. The van der Waals surface area contributed by atoms with Gasteiger partial charge in [0.05, 0.1) is 12.1 Å². The summed E-state index contributed by atoms with van der Waals surface area (Å²) in [5.41, 5.74) is -0.100. The molecule has 0 aromatic heterocycles. The maximum absolute atomic E-state index is 13.6. The molecule has 1 aromatic carbocycles. The van der Waals surface area contributed by atoms with Gasteiger partial charge < -0.3 is 15.7 Å². The van der Waals surface area contributed by atoms with Crippen molar-refractivity contribution in [2.45, 2.75) is 37.6 Å². The van der Waals surface area contributed by atoms with Gasteiger partial charge in [-0.3, -0.25) is 0 Å². The molecular weight excluding hydrogens is 295 g/mol. The first-order valence-electron chi connectivity index (χ1n) is 7.16. The Balaban J connectivity index is 1.82. The molecule has 0 radical (unpaired) electrons. The lowest BCUT2D eigenvalue weighted by Gasteiger charge is -2.28. The van der Waals surface area contributed by atoms with Crippen molar-refractivity contribution >= 4 is 17.6 Å². The highest BCUT2D eigenvalue weighted by molar-refractivity contribution is 6.31. The summed E-state index contributed by atoms with van der Waals surface area (Å²) in [5, 5.41) is 15.3. The second-order valence-corrected chi connectivity index (χ2v) is 5.88. The fraction of sp³-hybridized carbons (Fsp3) is 0.533. The molecule has 2 amide bonds. The Labute approximate surface area is 128 Å². The molecular formula is C15H20ClFN2O2. The highest BCUT2D eigenvalue weighted by atomic mass is 35.5. The number of carbonyl (C=O) groups excluding carboxylic acids is 1. The predicted octanol–water partition coefficient (Wildman–Crippen LogP) is 2.63. The summed E-state index contributed by atoms with van der Waals surface area (Å²) in [5.74, 6) is -0.368. The molecule has 3 N–H and O–H groups in total. The van der Waals surface area contributed by atoms with E-state index in [0.29, 0.717) is 17.0 Å². The maximum atomic E-state index is 13.6. The van der Waals surface area contributed by atoms with Crippen LogP contribution < -0.4 is 10.6 Å². The normalized spacial score (nSPS) is 16.7. The van der Waals surface area contributed by atoms with Gasteiger partial charge in [0.2, 0.25) is 0 Å². The molecule has 1 aromatic rings. The van der Waals surface area contributed by atoms with Crippen LogP contribution in [0.15, 0.2) is 18.2 Å². The van der Waals surface area contributed by atoms with E-state index in [1.807, 2.05) is 0 Å². The zero-order valence-electron chi connectivity index (χ0n) is 11.8. The molecule has 2 rings (SSSR count). The van der Waals surface area contributed by atoms with E-state index in [0.717, 1.165) is 25.7 Å². The topological polar surface area (TPSA) is 61.4 Å². The van der Waals surface area contributed by atoms with Gasteiger partial charge in [-0.1, -0.05) is 30.5 Å². The largest absolute Gasteiger partial charge is 0.394 e. The lowest BCUT2D eigenvalue weighted by molar-refractivity contribution is 0.163. The molecule has 0 saturated heterocycles. The van der Waals surface area contributed by atoms with Crippen LogP contribution >= 0.6 is 11.6 Å². The van der Waals surface area contributed by atoms with E-state index in [4.69, 9.17) is 11.6 Å². The van der Waals surface area contributed by atoms with Crippen LogP contribution in [0.4, 0.5) is 9.18 Å². The number of halogens is 2. The van der Waals surface area contributed by atoms with Gasteiger partial charge >= 0.3 is 6.03 Å². The smallest absolute Gasteiger partial charge is 0.315 e. The molecule has 1 saturated carbocycles. The Hall–Kier alpha value is -1.33. The third-order valence-corrected chi connectivity index (χ3v) is 4.32. The van der Waals surface area contributed by atoms with E-state index in [9.17, 15) is 14.3 Å². The average molecular weight is 315 g/mol. The third kappa shape index (κ3) is 4.08. The molecule has 0 heterocycles. The first-order valence-corrected chi connectivity index (χ1v) is 7.54. The van der Waals surface area contributed by atoms with Gasteiger partial charge in [-0.15, -0.1) is 0 Å². The Bertz CT molecular complexity index is 484. The zero-order chi connectivity index (χ0) is 15.3. The highest BCUT2D eigenvalue weighted by Crippen LogP contribution is 2.28. The van der Waals surface area contributed by atoms with E-state index in [2.05, 4.69) is 10.6 Å². The number of rotatable bonds is 5. The van der Waals surface area contributed by atoms with Gasteiger partial charge in [0.25, 0.3) is 0 Å². The van der Waals surface area contributed by atoms with Crippen LogP contribution in [0.1, 0.15) is 31.2 Å². The minimum atomic E-state index is -0.500. The van der Waals surface area contributed by atoms with E-state index < -0.39 is 5.54 Å². The SMILES string of the molecule is O=C(NCCc1c(F)cccc1Cl)NC1(CO)CCCC1. The lowest BCUT2D eigenvalue weighted by atomic mass is 9.99. The number of urea groups is 1. The number of amides is 2. The summed E-state index contributed by atoms with van der Waals surface area (Å²) in [7, 11) is 0. The molecule has 21 heavy (non-hydrogen) atoms. The lowest BCUT2D eigenvalue weighted by Crippen LogP contribution is -2.53. The van der Waals surface area contributed by atoms with Crippen molar-refractivity contribution in [2.75, 3.05) is 13.2 Å². The van der Waals surface area contributed by atoms with Gasteiger partial charge in [-0.2, -0.15) is 0 Å². The Morgan fingerprint density at radius 1 is 1.38 bits per heavy atom. The highest BCUT2D eigenvalue weighted by Gasteiger charge is 2.34. The van der Waals surface area contributed by atoms with E-state index >= 15 is 0 Å². The van der Waals surface area contributed by atoms with Crippen LogP contribution in [-0.2, 0) is 6.42 Å². The quantitative estimate of drug-likeness (QED) is 0.782. The molecule has 1 aliphatic carbocycles. The second-order valence-electron chi connectivity index (χ2n) is 5.48. The van der Waals surface area contributed by atoms with E-state index in [-0.39, 0.29) is 25.0 Å². The molecule has 4 nitrogen and oxygen atoms in total. The van der Waals surface area contributed by atoms with Crippen molar-refractivity contribution in [1.29, 1.82) is 0 Å². The van der Waals surface area contributed by atoms with Gasteiger partial charge in [0, 0.05) is 17.1 Å². The fourth-order valence-corrected chi connectivity index (χ4v) is 2.99. The number of hydrogen-bond donors (Lipinski definition) is 3. The molecule has 0 aliphatic heterocycles. The summed E-state index contributed by atoms with van der Waals surface area (Å²) in [6.45, 7) is 0.230. The summed E-state index contributed by atoms with van der Waals surface area (Å²) in [6.07, 6.45) is 3.91. The predicted molar refractivity (Wildman–Crippen MR) is 79.9 cm³/mol. The molecule has 0 unspecified atom stereocenters. The minimum absolute atomic E-state index is 0.0560. The van der Waals surface area contributed by atoms with Gasteiger partial charge in [-0.25, -0.2) is 9.18 Å². The van der Waals surface area contributed by atoms with E-state index in [1.54, 1.807) is 12.1 Å². The molecule has 1 fully saturated rings. The van der Waals surface area contributed by atoms with E-state index in [1.165, 1.54) is 6.07 Å². The van der Waals surface area contributed by atoms with Crippen molar-refractivity contribution in [3.8, 4) is 0 Å². The molecule has 1 aliphatic rings. The number of benzene rings is 1. The van der Waals surface area contributed by atoms with Crippen LogP contribution in [0.25, 0.3) is 0 Å². The van der Waals surface area contributed by atoms with Crippen molar-refractivity contribution in [2.24, 2.45) is 0 Å². The molecule has 6 heteroatoms. The Kier molecular flexibility index (Phi) is 5.42. The number of aliphatic hydroxyl groups excluding tert-OH is 1. The van der Waals surface area contributed by atoms with Crippen LogP contribution in [-0.4, -0.2) is 29.8 Å². The van der Waals surface area contributed by atoms with Crippen LogP contribution in [0, 0.1) is 5.82 Å². The minimum Gasteiger partial charge on any atom is -0.394 e. The fourth-order valence-electron chi connectivity index (χ4n) is 2.73. The Morgan fingerprint density at radius 3 is 2.71 bits per heavy atom. The first kappa shape index (κ1) is 16.0. The van der Waals surface area contributed by atoms with Gasteiger partial charge in [-0.05, 0) is 31.4 Å². The Morgan fingerprint density at radius 2 is 2.10 bits per heavy atom. The van der Waals surface area contributed by atoms with Crippen molar-refractivity contribution < 1.29 is 14.3 Å². The summed E-state index contributed by atoms with van der Waals surface area (Å²) >= 11 is 5.93.